The Morgan fingerprint density at radius 3 is 2.06 bits per heavy atom. The van der Waals surface area contributed by atoms with Crippen LogP contribution in [-0.4, -0.2) is 0 Å². The summed E-state index contributed by atoms with van der Waals surface area (Å²) in [7, 11) is 0. The predicted molar refractivity (Wildman–Crippen MR) is 75.8 cm³/mol. The van der Waals surface area contributed by atoms with Crippen molar-refractivity contribution in [1.82, 2.24) is 0 Å². The van der Waals surface area contributed by atoms with Crippen LogP contribution >= 0.6 is 0 Å². The van der Waals surface area contributed by atoms with Crippen molar-refractivity contribution >= 4 is 0 Å². The Hall–Kier alpha value is 0. The lowest BCUT2D eigenvalue weighted by molar-refractivity contribution is 0.172. The quantitative estimate of drug-likeness (QED) is 0.419. The van der Waals surface area contributed by atoms with Crippen molar-refractivity contribution in [3.05, 3.63) is 0 Å². The lowest BCUT2D eigenvalue weighted by Gasteiger charge is -2.33. The van der Waals surface area contributed by atoms with Gasteiger partial charge in [-0.05, 0) is 30.1 Å². The first-order chi connectivity index (χ1) is 7.44. The lowest BCUT2D eigenvalue weighted by Crippen LogP contribution is -2.23. The van der Waals surface area contributed by atoms with E-state index in [1.165, 1.54) is 44.9 Å². The Labute approximate surface area is 104 Å². The molecule has 2 unspecified atom stereocenters. The normalized spacial score (nSPS) is 16.1. The standard InChI is InChI=1S/C16H34/c1-7-9-10-12-16(5,6)15(4)13-14(3)11-8-2/h14-15H,7-13H2,1-6H3. The van der Waals surface area contributed by atoms with E-state index in [0.717, 1.165) is 11.8 Å². The molecule has 0 radical (unpaired) electrons. The second-order valence-corrected chi connectivity index (χ2v) is 6.48. The molecule has 0 bridgehead atoms. The van der Waals surface area contributed by atoms with E-state index >= 15 is 0 Å². The molecule has 0 aromatic carbocycles. The second-order valence-electron chi connectivity index (χ2n) is 6.48. The molecular weight excluding hydrogens is 192 g/mol. The summed E-state index contributed by atoms with van der Waals surface area (Å²) in [5, 5.41) is 0. The van der Waals surface area contributed by atoms with Gasteiger partial charge in [0.1, 0.15) is 0 Å². The van der Waals surface area contributed by atoms with Gasteiger partial charge in [-0.25, -0.2) is 0 Å². The molecular formula is C16H34. The summed E-state index contributed by atoms with van der Waals surface area (Å²) in [4.78, 5) is 0. The van der Waals surface area contributed by atoms with Gasteiger partial charge in [0, 0.05) is 0 Å². The largest absolute Gasteiger partial charge is 0.0654 e. The average Bonchev–Trinajstić information content (AvgIpc) is 2.18. The Morgan fingerprint density at radius 1 is 0.938 bits per heavy atom. The number of unbranched alkanes of at least 4 members (excludes halogenated alkanes) is 2. The lowest BCUT2D eigenvalue weighted by atomic mass is 9.72. The van der Waals surface area contributed by atoms with Gasteiger partial charge >= 0.3 is 0 Å². The second kappa shape index (κ2) is 8.14. The van der Waals surface area contributed by atoms with Crippen LogP contribution in [0.1, 0.15) is 86.5 Å². The van der Waals surface area contributed by atoms with Crippen molar-refractivity contribution in [2.75, 3.05) is 0 Å². The summed E-state index contributed by atoms with van der Waals surface area (Å²) in [6, 6.07) is 0. The molecule has 16 heavy (non-hydrogen) atoms. The van der Waals surface area contributed by atoms with Gasteiger partial charge in [-0.3, -0.25) is 0 Å². The highest BCUT2D eigenvalue weighted by molar-refractivity contribution is 4.76. The molecule has 0 N–H and O–H groups in total. The molecule has 0 aliphatic rings. The maximum absolute atomic E-state index is 2.46. The molecule has 0 aliphatic heterocycles. The van der Waals surface area contributed by atoms with Crippen molar-refractivity contribution in [2.45, 2.75) is 86.5 Å². The van der Waals surface area contributed by atoms with Gasteiger partial charge in [-0.2, -0.15) is 0 Å². The minimum atomic E-state index is 0.539. The van der Waals surface area contributed by atoms with E-state index in [1.54, 1.807) is 0 Å². The molecule has 0 aromatic heterocycles. The van der Waals surface area contributed by atoms with E-state index in [4.69, 9.17) is 0 Å². The molecule has 0 spiro atoms. The van der Waals surface area contributed by atoms with Crippen molar-refractivity contribution in [2.24, 2.45) is 17.3 Å². The molecule has 0 amide bonds. The van der Waals surface area contributed by atoms with Gasteiger partial charge in [-0.1, -0.05) is 73.6 Å². The molecule has 98 valence electrons. The maximum Gasteiger partial charge on any atom is -0.0328 e. The monoisotopic (exact) mass is 226 g/mol. The molecule has 0 heteroatoms. The third kappa shape index (κ3) is 6.55. The molecule has 0 rings (SSSR count). The summed E-state index contributed by atoms with van der Waals surface area (Å²) < 4.78 is 0. The van der Waals surface area contributed by atoms with Crippen molar-refractivity contribution in [3.8, 4) is 0 Å². The molecule has 0 saturated heterocycles. The van der Waals surface area contributed by atoms with Crippen LogP contribution in [0.25, 0.3) is 0 Å². The highest BCUT2D eigenvalue weighted by Gasteiger charge is 2.26. The van der Waals surface area contributed by atoms with Crippen molar-refractivity contribution in [3.63, 3.8) is 0 Å². The third-order valence-electron chi connectivity index (χ3n) is 4.30. The molecule has 0 nitrogen and oxygen atoms in total. The van der Waals surface area contributed by atoms with Crippen LogP contribution in [-0.2, 0) is 0 Å². The average molecular weight is 226 g/mol. The molecule has 0 fully saturated rings. The minimum Gasteiger partial charge on any atom is -0.0654 e. The molecule has 2 atom stereocenters. The van der Waals surface area contributed by atoms with Gasteiger partial charge in [-0.15, -0.1) is 0 Å². The van der Waals surface area contributed by atoms with Crippen molar-refractivity contribution in [1.29, 1.82) is 0 Å². The van der Waals surface area contributed by atoms with E-state index in [0.29, 0.717) is 5.41 Å². The van der Waals surface area contributed by atoms with Crippen molar-refractivity contribution < 1.29 is 0 Å². The minimum absolute atomic E-state index is 0.539. The van der Waals surface area contributed by atoms with Crippen LogP contribution < -0.4 is 0 Å². The van der Waals surface area contributed by atoms with E-state index in [2.05, 4.69) is 41.5 Å². The van der Waals surface area contributed by atoms with E-state index < -0.39 is 0 Å². The SMILES string of the molecule is CCCCCC(C)(C)C(C)CC(C)CCC. The molecule has 0 saturated carbocycles. The van der Waals surface area contributed by atoms with Gasteiger partial charge in [0.25, 0.3) is 0 Å². The van der Waals surface area contributed by atoms with Gasteiger partial charge in [0.2, 0.25) is 0 Å². The van der Waals surface area contributed by atoms with Crippen LogP contribution in [0.15, 0.2) is 0 Å². The van der Waals surface area contributed by atoms with E-state index in [9.17, 15) is 0 Å². The van der Waals surface area contributed by atoms with Crippen LogP contribution in [0.3, 0.4) is 0 Å². The summed E-state index contributed by atoms with van der Waals surface area (Å²) >= 11 is 0. The fraction of sp³-hybridized carbons (Fsp3) is 1.00. The third-order valence-corrected chi connectivity index (χ3v) is 4.30. The predicted octanol–water partition coefficient (Wildman–Crippen LogP) is 6.06. The Bertz CT molecular complexity index is 157. The zero-order valence-corrected chi connectivity index (χ0v) is 12.6. The Balaban J connectivity index is 3.97. The summed E-state index contributed by atoms with van der Waals surface area (Å²) in [5.74, 6) is 1.77. The highest BCUT2D eigenvalue weighted by Crippen LogP contribution is 2.37. The zero-order chi connectivity index (χ0) is 12.6. The fourth-order valence-corrected chi connectivity index (χ4v) is 2.61. The van der Waals surface area contributed by atoms with Gasteiger partial charge < -0.3 is 0 Å². The number of hydrogen-bond acceptors (Lipinski definition) is 0. The van der Waals surface area contributed by atoms with Crippen LogP contribution in [0, 0.1) is 17.3 Å². The number of rotatable bonds is 9. The summed E-state index contributed by atoms with van der Waals surface area (Å²) in [6.07, 6.45) is 9.71. The van der Waals surface area contributed by atoms with E-state index in [1.807, 2.05) is 0 Å². The molecule has 0 heterocycles. The summed E-state index contributed by atoms with van der Waals surface area (Å²) in [6.45, 7) is 14.4. The topological polar surface area (TPSA) is 0 Å². The first-order valence-electron chi connectivity index (χ1n) is 7.44. The van der Waals surface area contributed by atoms with Crippen LogP contribution in [0.2, 0.25) is 0 Å². The first kappa shape index (κ1) is 16.0. The maximum atomic E-state index is 2.46. The zero-order valence-electron chi connectivity index (χ0n) is 12.6. The first-order valence-corrected chi connectivity index (χ1v) is 7.44. The Kier molecular flexibility index (Phi) is 8.14. The van der Waals surface area contributed by atoms with Crippen LogP contribution in [0.5, 0.6) is 0 Å². The molecule has 0 aromatic rings. The highest BCUT2D eigenvalue weighted by atomic mass is 14.3. The van der Waals surface area contributed by atoms with Gasteiger partial charge in [0.15, 0.2) is 0 Å². The van der Waals surface area contributed by atoms with E-state index in [-0.39, 0.29) is 0 Å². The fourth-order valence-electron chi connectivity index (χ4n) is 2.61. The molecule has 0 aliphatic carbocycles. The smallest absolute Gasteiger partial charge is 0.0328 e. The van der Waals surface area contributed by atoms with Crippen LogP contribution in [0.4, 0.5) is 0 Å². The summed E-state index contributed by atoms with van der Waals surface area (Å²) in [5.41, 5.74) is 0.539. The van der Waals surface area contributed by atoms with Gasteiger partial charge in [0.05, 0.1) is 0 Å². The number of hydrogen-bond donors (Lipinski definition) is 0. The Morgan fingerprint density at radius 2 is 1.56 bits per heavy atom.